The Kier molecular flexibility index (Phi) is 29.8. The molecule has 6 atom stereocenters. The number of hydrogen-bond acceptors (Lipinski definition) is 12. The van der Waals surface area contributed by atoms with Crippen LogP contribution in [0.1, 0.15) is 155 Å². The average molecular weight is 805 g/mol. The Bertz CT molecular complexity index is 1110. The summed E-state index contributed by atoms with van der Waals surface area (Å²) in [4.78, 5) is 35.5. The Morgan fingerprint density at radius 1 is 0.582 bits per heavy atom. The standard InChI is InChI=1S/C41H73O13P/c1-3-5-7-9-11-13-15-16-17-18-20-22-24-26-28-30-35(43)53-33(31-51-34(42)29-27-25-23-21-19-14-12-10-8-6-4-2)32-52-55(49,50)54-41-39(47)37(45)36(44)38(46)40(41)48/h5,7,11,13,16-17,33,36-41,44-48H,3-4,6,8-10,12,14-15,18-32H2,1-2H3,(H,49,50)/b7-5-,13-11-,17-16-. The van der Waals surface area contributed by atoms with Crippen LogP contribution < -0.4 is 0 Å². The van der Waals surface area contributed by atoms with Gasteiger partial charge in [0.2, 0.25) is 0 Å². The first-order valence-corrected chi connectivity index (χ1v) is 22.3. The molecule has 0 bridgehead atoms. The van der Waals surface area contributed by atoms with Gasteiger partial charge in [-0.25, -0.2) is 4.57 Å². The molecule has 0 spiro atoms. The van der Waals surface area contributed by atoms with Crippen LogP contribution in [-0.2, 0) is 32.7 Å². The number of carbonyl (C=O) groups is 2. The predicted octanol–water partition coefficient (Wildman–Crippen LogP) is 7.05. The quantitative estimate of drug-likeness (QED) is 0.0170. The highest BCUT2D eigenvalue weighted by Crippen LogP contribution is 2.47. The molecule has 0 aromatic carbocycles. The number of carbonyl (C=O) groups excluding carboxylic acids is 2. The first-order valence-electron chi connectivity index (χ1n) is 20.8. The van der Waals surface area contributed by atoms with E-state index in [-0.39, 0.29) is 12.8 Å². The lowest BCUT2D eigenvalue weighted by molar-refractivity contribution is -0.220. The molecule has 320 valence electrons. The van der Waals surface area contributed by atoms with E-state index in [0.717, 1.165) is 70.6 Å². The average Bonchev–Trinajstić information content (AvgIpc) is 3.16. The van der Waals surface area contributed by atoms with Crippen molar-refractivity contribution in [3.8, 4) is 0 Å². The summed E-state index contributed by atoms with van der Waals surface area (Å²) < 4.78 is 33.4. The monoisotopic (exact) mass is 804 g/mol. The van der Waals surface area contributed by atoms with Gasteiger partial charge in [-0.2, -0.15) is 0 Å². The van der Waals surface area contributed by atoms with Crippen molar-refractivity contribution in [2.75, 3.05) is 13.2 Å². The third-order valence-corrected chi connectivity index (χ3v) is 10.5. The van der Waals surface area contributed by atoms with E-state index < -0.39 is 75.7 Å². The van der Waals surface area contributed by atoms with Crippen LogP contribution >= 0.6 is 7.82 Å². The molecule has 1 saturated carbocycles. The van der Waals surface area contributed by atoms with Gasteiger partial charge in [-0.1, -0.05) is 134 Å². The van der Waals surface area contributed by atoms with E-state index in [4.69, 9.17) is 18.5 Å². The van der Waals surface area contributed by atoms with Gasteiger partial charge < -0.3 is 39.9 Å². The molecule has 55 heavy (non-hydrogen) atoms. The Morgan fingerprint density at radius 3 is 1.58 bits per heavy atom. The highest BCUT2D eigenvalue weighted by Gasteiger charge is 2.51. The number of rotatable bonds is 33. The number of aliphatic hydroxyl groups excluding tert-OH is 5. The molecule has 1 aliphatic rings. The minimum Gasteiger partial charge on any atom is -0.462 e. The normalized spacial score (nSPS) is 23.4. The fourth-order valence-electron chi connectivity index (χ4n) is 6.12. The molecule has 0 saturated heterocycles. The summed E-state index contributed by atoms with van der Waals surface area (Å²) in [6.45, 7) is 3.14. The minimum absolute atomic E-state index is 0.0781. The van der Waals surface area contributed by atoms with Gasteiger partial charge in [0, 0.05) is 12.8 Å². The van der Waals surface area contributed by atoms with Crippen molar-refractivity contribution < 1.29 is 63.1 Å². The largest absolute Gasteiger partial charge is 0.472 e. The second-order valence-corrected chi connectivity index (χ2v) is 15.9. The number of aliphatic hydroxyl groups is 5. The zero-order chi connectivity index (χ0) is 40.7. The number of phosphoric acid groups is 1. The third-order valence-electron chi connectivity index (χ3n) is 9.50. The second kappa shape index (κ2) is 32.1. The molecule has 0 aliphatic heterocycles. The number of esters is 2. The lowest BCUT2D eigenvalue weighted by Gasteiger charge is -2.41. The van der Waals surface area contributed by atoms with Gasteiger partial charge in [-0.05, 0) is 44.9 Å². The third kappa shape index (κ3) is 25.1. The molecule has 0 aromatic heterocycles. The van der Waals surface area contributed by atoms with Crippen molar-refractivity contribution in [2.45, 2.75) is 198 Å². The van der Waals surface area contributed by atoms with Crippen molar-refractivity contribution >= 4 is 19.8 Å². The summed E-state index contributed by atoms with van der Waals surface area (Å²) in [5, 5.41) is 50.0. The summed E-state index contributed by atoms with van der Waals surface area (Å²) in [6, 6.07) is 0. The maximum atomic E-state index is 12.8. The molecule has 6 unspecified atom stereocenters. The lowest BCUT2D eigenvalue weighted by atomic mass is 9.85. The van der Waals surface area contributed by atoms with Crippen LogP contribution in [0.3, 0.4) is 0 Å². The predicted molar refractivity (Wildman–Crippen MR) is 212 cm³/mol. The molecule has 1 aliphatic carbocycles. The molecule has 14 heteroatoms. The van der Waals surface area contributed by atoms with Crippen molar-refractivity contribution in [2.24, 2.45) is 0 Å². The van der Waals surface area contributed by atoms with Crippen molar-refractivity contribution in [1.82, 2.24) is 0 Å². The molecule has 6 N–H and O–H groups in total. The molecule has 0 aromatic rings. The number of ether oxygens (including phenoxy) is 2. The topological polar surface area (TPSA) is 210 Å². The number of hydrogen-bond donors (Lipinski definition) is 6. The van der Waals surface area contributed by atoms with Gasteiger partial charge in [-0.3, -0.25) is 18.6 Å². The van der Waals surface area contributed by atoms with E-state index in [9.17, 15) is 44.6 Å². The second-order valence-electron chi connectivity index (χ2n) is 14.5. The van der Waals surface area contributed by atoms with Crippen LogP contribution in [0.4, 0.5) is 0 Å². The number of allylic oxidation sites excluding steroid dienone is 6. The Labute approximate surface area is 329 Å². The first kappa shape index (κ1) is 51.1. The SMILES string of the molecule is CC/C=C\C/C=C\C/C=C\CCCCCCCC(=O)OC(COC(=O)CCCCCCCCCCCCC)COP(=O)(O)OC1C(O)C(O)C(O)C(O)C1O. The molecule has 1 fully saturated rings. The zero-order valence-electron chi connectivity index (χ0n) is 33.5. The van der Waals surface area contributed by atoms with Gasteiger partial charge in [-0.15, -0.1) is 0 Å². The summed E-state index contributed by atoms with van der Waals surface area (Å²) in [7, 11) is -5.11. The van der Waals surface area contributed by atoms with Gasteiger partial charge in [0.05, 0.1) is 6.61 Å². The van der Waals surface area contributed by atoms with E-state index >= 15 is 0 Å². The van der Waals surface area contributed by atoms with E-state index in [0.29, 0.717) is 12.8 Å². The summed E-state index contributed by atoms with van der Waals surface area (Å²) in [5.74, 6) is -1.12. The highest BCUT2D eigenvalue weighted by molar-refractivity contribution is 7.47. The highest BCUT2D eigenvalue weighted by atomic mass is 31.2. The van der Waals surface area contributed by atoms with E-state index in [1.165, 1.54) is 44.9 Å². The zero-order valence-corrected chi connectivity index (χ0v) is 34.4. The lowest BCUT2D eigenvalue weighted by Crippen LogP contribution is -2.64. The Morgan fingerprint density at radius 2 is 1.04 bits per heavy atom. The molecular formula is C41H73O13P. The maximum absolute atomic E-state index is 12.8. The van der Waals surface area contributed by atoms with Crippen LogP contribution in [0.2, 0.25) is 0 Å². The van der Waals surface area contributed by atoms with E-state index in [1.807, 2.05) is 0 Å². The van der Waals surface area contributed by atoms with Gasteiger partial charge >= 0.3 is 19.8 Å². The molecular weight excluding hydrogens is 731 g/mol. The van der Waals surface area contributed by atoms with Gasteiger partial charge in [0.1, 0.15) is 43.2 Å². The van der Waals surface area contributed by atoms with E-state index in [2.05, 4.69) is 50.3 Å². The Hall–Kier alpha value is -1.93. The van der Waals surface area contributed by atoms with Gasteiger partial charge in [0.25, 0.3) is 0 Å². The molecule has 1 rings (SSSR count). The molecule has 0 amide bonds. The summed E-state index contributed by atoms with van der Waals surface area (Å²) >= 11 is 0. The van der Waals surface area contributed by atoms with Crippen molar-refractivity contribution in [3.63, 3.8) is 0 Å². The van der Waals surface area contributed by atoms with Crippen LogP contribution in [0.15, 0.2) is 36.5 Å². The molecule has 0 heterocycles. The summed E-state index contributed by atoms with van der Waals surface area (Å²) in [6.07, 6.45) is 20.7. The maximum Gasteiger partial charge on any atom is 0.472 e. The first-order chi connectivity index (χ1) is 26.4. The number of phosphoric ester groups is 1. The van der Waals surface area contributed by atoms with Crippen LogP contribution in [-0.4, -0.2) is 98.3 Å². The van der Waals surface area contributed by atoms with Crippen LogP contribution in [0, 0.1) is 0 Å². The van der Waals surface area contributed by atoms with Crippen molar-refractivity contribution in [1.29, 1.82) is 0 Å². The van der Waals surface area contributed by atoms with E-state index in [1.54, 1.807) is 0 Å². The smallest absolute Gasteiger partial charge is 0.462 e. The number of unbranched alkanes of at least 4 members (excludes halogenated alkanes) is 15. The van der Waals surface area contributed by atoms with Gasteiger partial charge in [0.15, 0.2) is 6.10 Å². The fourth-order valence-corrected chi connectivity index (χ4v) is 7.10. The van der Waals surface area contributed by atoms with Crippen LogP contribution in [0.5, 0.6) is 0 Å². The van der Waals surface area contributed by atoms with Crippen molar-refractivity contribution in [3.05, 3.63) is 36.5 Å². The molecule has 0 radical (unpaired) electrons. The fraction of sp³-hybridized carbons (Fsp3) is 0.805. The Balaban J connectivity index is 2.52. The molecule has 13 nitrogen and oxygen atoms in total. The van der Waals surface area contributed by atoms with Crippen LogP contribution in [0.25, 0.3) is 0 Å². The summed E-state index contributed by atoms with van der Waals surface area (Å²) in [5.41, 5.74) is 0. The minimum atomic E-state index is -5.11.